The first-order valence-corrected chi connectivity index (χ1v) is 5.98. The van der Waals surface area contributed by atoms with Crippen molar-refractivity contribution in [1.29, 1.82) is 0 Å². The minimum absolute atomic E-state index is 0.636. The molecule has 0 unspecified atom stereocenters. The predicted molar refractivity (Wildman–Crippen MR) is 60.5 cm³/mol. The highest BCUT2D eigenvalue weighted by Crippen LogP contribution is 2.24. The van der Waals surface area contributed by atoms with E-state index in [0.717, 1.165) is 15.7 Å². The molecule has 8 heteroatoms. The van der Waals surface area contributed by atoms with Gasteiger partial charge in [0.25, 0.3) is 0 Å². The third-order valence-electron chi connectivity index (χ3n) is 1.63. The molecule has 0 aliphatic rings. The largest absolute Gasteiger partial charge is 0.298 e. The maximum absolute atomic E-state index is 5.21. The molecule has 0 aromatic carbocycles. The van der Waals surface area contributed by atoms with Gasteiger partial charge in [0.05, 0.1) is 11.9 Å². The molecule has 0 aliphatic carbocycles. The molecule has 2 aromatic heterocycles. The van der Waals surface area contributed by atoms with Crippen LogP contribution in [0.3, 0.4) is 0 Å². The van der Waals surface area contributed by atoms with Gasteiger partial charge < -0.3 is 0 Å². The van der Waals surface area contributed by atoms with Crippen LogP contribution in [0.5, 0.6) is 0 Å². The summed E-state index contributed by atoms with van der Waals surface area (Å²) < 4.78 is 1.77. The van der Waals surface area contributed by atoms with Crippen LogP contribution >= 0.6 is 23.1 Å². The van der Waals surface area contributed by atoms with Crippen LogP contribution in [0.15, 0.2) is 17.3 Å². The lowest BCUT2D eigenvalue weighted by molar-refractivity contribution is 0.766. The van der Waals surface area contributed by atoms with Crippen LogP contribution in [0.4, 0.5) is 5.13 Å². The fourth-order valence-corrected chi connectivity index (χ4v) is 2.54. The van der Waals surface area contributed by atoms with E-state index in [0.29, 0.717) is 5.13 Å². The SMILES string of the molecule is Cn1cc(SCc2nnc(NN)s2)cn1. The number of nitrogen functional groups attached to an aromatic ring is 1. The maximum atomic E-state index is 5.21. The number of hydrazine groups is 1. The Labute approximate surface area is 94.9 Å². The number of thioether (sulfide) groups is 1. The fourth-order valence-electron chi connectivity index (χ4n) is 0.989. The van der Waals surface area contributed by atoms with Crippen molar-refractivity contribution in [2.45, 2.75) is 10.6 Å². The average molecular weight is 242 g/mol. The summed E-state index contributed by atoms with van der Waals surface area (Å²) in [7, 11) is 1.89. The first-order chi connectivity index (χ1) is 7.28. The zero-order chi connectivity index (χ0) is 10.7. The van der Waals surface area contributed by atoms with Crippen molar-refractivity contribution >= 4 is 28.2 Å². The highest BCUT2D eigenvalue weighted by atomic mass is 32.2. The second-order valence-corrected chi connectivity index (χ2v) is 4.89. The van der Waals surface area contributed by atoms with Crippen molar-refractivity contribution in [3.8, 4) is 0 Å². The Morgan fingerprint density at radius 1 is 1.60 bits per heavy atom. The zero-order valence-electron chi connectivity index (χ0n) is 8.04. The number of hydrogen-bond donors (Lipinski definition) is 2. The van der Waals surface area contributed by atoms with E-state index in [1.54, 1.807) is 16.4 Å². The molecular formula is C7H10N6S2. The smallest absolute Gasteiger partial charge is 0.219 e. The normalized spacial score (nSPS) is 10.5. The number of aryl methyl sites for hydroxylation is 1. The highest BCUT2D eigenvalue weighted by Gasteiger charge is 2.04. The van der Waals surface area contributed by atoms with Crippen molar-refractivity contribution in [2.24, 2.45) is 12.9 Å². The lowest BCUT2D eigenvalue weighted by atomic mass is 10.7. The highest BCUT2D eigenvalue weighted by molar-refractivity contribution is 7.98. The summed E-state index contributed by atoms with van der Waals surface area (Å²) in [4.78, 5) is 1.12. The molecule has 15 heavy (non-hydrogen) atoms. The molecule has 2 aromatic rings. The number of nitrogens with zero attached hydrogens (tertiary/aromatic N) is 4. The summed E-state index contributed by atoms with van der Waals surface area (Å²) in [5, 5.41) is 13.5. The number of aromatic nitrogens is 4. The van der Waals surface area contributed by atoms with Gasteiger partial charge in [-0.05, 0) is 0 Å². The van der Waals surface area contributed by atoms with E-state index in [4.69, 9.17) is 5.84 Å². The molecule has 2 heterocycles. The Bertz CT molecular complexity index is 436. The van der Waals surface area contributed by atoms with Crippen LogP contribution in [-0.2, 0) is 12.8 Å². The van der Waals surface area contributed by atoms with E-state index in [9.17, 15) is 0 Å². The Hall–Kier alpha value is -1.12. The second-order valence-electron chi connectivity index (χ2n) is 2.78. The van der Waals surface area contributed by atoms with E-state index in [-0.39, 0.29) is 0 Å². The first-order valence-electron chi connectivity index (χ1n) is 4.18. The predicted octanol–water partition coefficient (Wildman–Crippen LogP) is 0.849. The first kappa shape index (κ1) is 10.4. The van der Waals surface area contributed by atoms with E-state index in [1.807, 2.05) is 19.4 Å². The quantitative estimate of drug-likeness (QED) is 0.470. The molecule has 3 N–H and O–H groups in total. The minimum atomic E-state index is 0.636. The van der Waals surface area contributed by atoms with Crippen molar-refractivity contribution < 1.29 is 0 Å². The molecule has 80 valence electrons. The van der Waals surface area contributed by atoms with Crippen molar-refractivity contribution in [3.63, 3.8) is 0 Å². The Morgan fingerprint density at radius 3 is 3.07 bits per heavy atom. The standard InChI is InChI=1S/C7H10N6S2/c1-13-3-5(2-9-13)14-4-6-11-12-7(10-8)15-6/h2-3H,4,8H2,1H3,(H,10,12). The summed E-state index contributed by atoms with van der Waals surface area (Å²) in [6.45, 7) is 0. The van der Waals surface area contributed by atoms with Crippen LogP contribution < -0.4 is 11.3 Å². The Balaban J connectivity index is 1.93. The van der Waals surface area contributed by atoms with Crippen LogP contribution in [0.25, 0.3) is 0 Å². The summed E-state index contributed by atoms with van der Waals surface area (Å²) in [6.07, 6.45) is 3.79. The van der Waals surface area contributed by atoms with Gasteiger partial charge in [-0.15, -0.1) is 22.0 Å². The van der Waals surface area contributed by atoms with E-state index >= 15 is 0 Å². The molecule has 0 saturated heterocycles. The molecule has 0 amide bonds. The van der Waals surface area contributed by atoms with Crippen LogP contribution in [0, 0.1) is 0 Å². The topological polar surface area (TPSA) is 81.7 Å². The third-order valence-corrected chi connectivity index (χ3v) is 3.63. The summed E-state index contributed by atoms with van der Waals surface area (Å²) in [5.74, 6) is 5.99. The van der Waals surface area contributed by atoms with Gasteiger partial charge in [-0.1, -0.05) is 11.3 Å². The van der Waals surface area contributed by atoms with Gasteiger partial charge in [0.2, 0.25) is 5.13 Å². The molecule has 0 fully saturated rings. The number of nitrogens with two attached hydrogens (primary N) is 1. The lowest BCUT2D eigenvalue weighted by Gasteiger charge is -1.91. The number of nitrogens with one attached hydrogen (secondary N) is 1. The second kappa shape index (κ2) is 4.60. The van der Waals surface area contributed by atoms with E-state index in [2.05, 4.69) is 20.7 Å². The summed E-state index contributed by atoms with van der Waals surface area (Å²) in [6, 6.07) is 0. The van der Waals surface area contributed by atoms with Gasteiger partial charge in [0, 0.05) is 18.1 Å². The van der Waals surface area contributed by atoms with Gasteiger partial charge in [-0.3, -0.25) is 10.1 Å². The van der Waals surface area contributed by atoms with E-state index < -0.39 is 0 Å². The minimum Gasteiger partial charge on any atom is -0.298 e. The Morgan fingerprint density at radius 2 is 2.47 bits per heavy atom. The van der Waals surface area contributed by atoms with Gasteiger partial charge in [0.15, 0.2) is 0 Å². The number of rotatable bonds is 4. The van der Waals surface area contributed by atoms with Crippen LogP contribution in [-0.4, -0.2) is 20.0 Å². The summed E-state index contributed by atoms with van der Waals surface area (Å²) >= 11 is 3.13. The molecule has 0 bridgehead atoms. The number of anilines is 1. The molecule has 0 saturated carbocycles. The van der Waals surface area contributed by atoms with Crippen LogP contribution in [0.1, 0.15) is 5.01 Å². The molecule has 0 aliphatic heterocycles. The Kier molecular flexibility index (Phi) is 3.19. The average Bonchev–Trinajstić information content (AvgIpc) is 2.83. The van der Waals surface area contributed by atoms with Crippen molar-refractivity contribution in [1.82, 2.24) is 20.0 Å². The van der Waals surface area contributed by atoms with Crippen molar-refractivity contribution in [2.75, 3.05) is 5.43 Å². The maximum Gasteiger partial charge on any atom is 0.219 e. The lowest BCUT2D eigenvalue weighted by Crippen LogP contribution is -2.05. The molecule has 0 radical (unpaired) electrons. The molecule has 2 rings (SSSR count). The molecule has 0 spiro atoms. The summed E-state index contributed by atoms with van der Waals surface area (Å²) in [5.41, 5.74) is 2.47. The molecule has 0 atom stereocenters. The monoisotopic (exact) mass is 242 g/mol. The van der Waals surface area contributed by atoms with Gasteiger partial charge >= 0.3 is 0 Å². The third kappa shape index (κ3) is 2.67. The van der Waals surface area contributed by atoms with Gasteiger partial charge in [0.1, 0.15) is 5.01 Å². The molecule has 6 nitrogen and oxygen atoms in total. The van der Waals surface area contributed by atoms with Crippen molar-refractivity contribution in [3.05, 3.63) is 17.4 Å². The number of hydrogen-bond acceptors (Lipinski definition) is 7. The van der Waals surface area contributed by atoms with E-state index in [1.165, 1.54) is 11.3 Å². The van der Waals surface area contributed by atoms with Gasteiger partial charge in [-0.25, -0.2) is 5.84 Å². The molecular weight excluding hydrogens is 232 g/mol. The van der Waals surface area contributed by atoms with Gasteiger partial charge in [-0.2, -0.15) is 5.10 Å². The zero-order valence-corrected chi connectivity index (χ0v) is 9.68. The fraction of sp³-hybridized carbons (Fsp3) is 0.286. The van der Waals surface area contributed by atoms with Crippen LogP contribution in [0.2, 0.25) is 0 Å².